The Labute approximate surface area is 215 Å². The van der Waals surface area contributed by atoms with Crippen molar-refractivity contribution >= 4 is 46.2 Å². The fourth-order valence-electron chi connectivity index (χ4n) is 4.08. The Morgan fingerprint density at radius 3 is 2.51 bits per heavy atom. The van der Waals surface area contributed by atoms with Gasteiger partial charge in [-0.2, -0.15) is 0 Å². The lowest BCUT2D eigenvalue weighted by molar-refractivity contribution is -0.123. The van der Waals surface area contributed by atoms with Crippen LogP contribution in [0.1, 0.15) is 25.8 Å². The summed E-state index contributed by atoms with van der Waals surface area (Å²) in [5.74, 6) is 0.423. The van der Waals surface area contributed by atoms with Gasteiger partial charge in [-0.25, -0.2) is 9.83 Å². The molecule has 1 aromatic heterocycles. The second-order valence-electron chi connectivity index (χ2n) is 8.74. The molecule has 178 valence electrons. The molecule has 1 amide bonds. The van der Waals surface area contributed by atoms with Gasteiger partial charge in [0.15, 0.2) is 5.11 Å². The first-order valence-corrected chi connectivity index (χ1v) is 12.0. The quantitative estimate of drug-likeness (QED) is 0.210. The number of hydrogen-bond donors (Lipinski definition) is 0. The highest BCUT2D eigenvalue weighted by Crippen LogP contribution is 2.39. The Hall–Kier alpha value is -3.47. The molecule has 3 aromatic rings. The van der Waals surface area contributed by atoms with Gasteiger partial charge < -0.3 is 9.64 Å². The second kappa shape index (κ2) is 10.0. The van der Waals surface area contributed by atoms with Crippen molar-refractivity contribution in [2.45, 2.75) is 32.7 Å². The minimum absolute atomic E-state index is 0.128. The first-order valence-electron chi connectivity index (χ1n) is 11.2. The van der Waals surface area contributed by atoms with Crippen LogP contribution < -0.4 is 9.64 Å². The van der Waals surface area contributed by atoms with Crippen molar-refractivity contribution in [3.8, 4) is 17.0 Å². The molecule has 0 radical (unpaired) electrons. The van der Waals surface area contributed by atoms with Crippen molar-refractivity contribution in [2.24, 2.45) is 0 Å². The van der Waals surface area contributed by atoms with E-state index in [1.54, 1.807) is 25.3 Å². The number of rotatable bonds is 7. The number of amides is 1. The van der Waals surface area contributed by atoms with Gasteiger partial charge in [-0.3, -0.25) is 9.69 Å². The number of carbonyl (C=O) groups excluding carboxylic acids is 1. The van der Waals surface area contributed by atoms with Gasteiger partial charge in [0.2, 0.25) is 11.6 Å². The largest absolute Gasteiger partial charge is 0.478 e. The van der Waals surface area contributed by atoms with E-state index in [1.807, 2.05) is 61.2 Å². The summed E-state index contributed by atoms with van der Waals surface area (Å²) < 4.78 is 5.83. The van der Waals surface area contributed by atoms with Gasteiger partial charge in [-0.15, -0.1) is 0 Å². The van der Waals surface area contributed by atoms with Gasteiger partial charge >= 0.3 is 0 Å². The van der Waals surface area contributed by atoms with Crippen LogP contribution in [0.4, 0.5) is 11.4 Å². The number of ether oxygens (including phenoxy) is 1. The van der Waals surface area contributed by atoms with Crippen LogP contribution in [-0.2, 0) is 4.79 Å². The number of benzene rings is 2. The van der Waals surface area contributed by atoms with Gasteiger partial charge in [0.25, 0.3) is 5.91 Å². The number of hydrogen-bond acceptors (Lipinski definition) is 4. The molecule has 0 saturated carbocycles. The van der Waals surface area contributed by atoms with E-state index in [0.29, 0.717) is 52.5 Å². The van der Waals surface area contributed by atoms with Crippen LogP contribution in [0.15, 0.2) is 60.8 Å². The number of pyridine rings is 1. The number of aromatic nitrogens is 1. The van der Waals surface area contributed by atoms with E-state index in [0.717, 1.165) is 11.1 Å². The Balaban J connectivity index is 1.40. The molecular weight excluding hydrogens is 480 g/mol. The van der Waals surface area contributed by atoms with Crippen LogP contribution in [0.3, 0.4) is 0 Å². The number of carbonyl (C=O) groups is 1. The number of halogens is 1. The summed E-state index contributed by atoms with van der Waals surface area (Å²) in [6.07, 6.45) is 2.45. The molecule has 0 atom stereocenters. The van der Waals surface area contributed by atoms with Crippen molar-refractivity contribution < 1.29 is 9.53 Å². The third kappa shape index (κ3) is 4.72. The highest BCUT2D eigenvalue weighted by Gasteiger charge is 2.49. The predicted octanol–water partition coefficient (Wildman–Crippen LogP) is 6.44. The van der Waals surface area contributed by atoms with Crippen molar-refractivity contribution in [1.82, 2.24) is 9.88 Å². The molecule has 8 heteroatoms. The lowest BCUT2D eigenvalue weighted by Gasteiger charge is -2.29. The molecule has 0 N–H and O–H groups in total. The third-order valence-electron chi connectivity index (χ3n) is 6.14. The Kier molecular flexibility index (Phi) is 7.06. The average Bonchev–Trinajstić information content (AvgIpc) is 3.03. The van der Waals surface area contributed by atoms with Gasteiger partial charge in [0.05, 0.1) is 23.9 Å². The summed E-state index contributed by atoms with van der Waals surface area (Å²) in [4.78, 5) is 24.6. The van der Waals surface area contributed by atoms with Crippen LogP contribution in [0.2, 0.25) is 5.02 Å². The normalized spacial score (nSPS) is 14.8. The van der Waals surface area contributed by atoms with Crippen molar-refractivity contribution in [1.29, 1.82) is 0 Å². The van der Waals surface area contributed by atoms with E-state index in [2.05, 4.69) is 9.83 Å². The maximum atomic E-state index is 13.3. The lowest BCUT2D eigenvalue weighted by atomic mass is 10.0. The van der Waals surface area contributed by atoms with Gasteiger partial charge in [0, 0.05) is 24.4 Å². The molecule has 1 saturated heterocycles. The molecule has 2 heterocycles. The highest BCUT2D eigenvalue weighted by molar-refractivity contribution is 7.80. The summed E-state index contributed by atoms with van der Waals surface area (Å²) in [6.45, 7) is 13.7. The molecule has 1 aliphatic rings. The van der Waals surface area contributed by atoms with E-state index >= 15 is 0 Å². The molecule has 0 unspecified atom stereocenters. The molecule has 1 aliphatic heterocycles. The summed E-state index contributed by atoms with van der Waals surface area (Å²) in [6, 6.07) is 17.2. The highest BCUT2D eigenvalue weighted by atomic mass is 35.5. The minimum atomic E-state index is -0.815. The molecular formula is C27H25ClN4O2S. The Morgan fingerprint density at radius 1 is 1.11 bits per heavy atom. The minimum Gasteiger partial charge on any atom is -0.478 e. The molecule has 35 heavy (non-hydrogen) atoms. The molecule has 4 rings (SSSR count). The maximum absolute atomic E-state index is 13.3. The van der Waals surface area contributed by atoms with Gasteiger partial charge in [-0.05, 0) is 62.7 Å². The topological polar surface area (TPSA) is 50.0 Å². The zero-order valence-corrected chi connectivity index (χ0v) is 21.4. The van der Waals surface area contributed by atoms with E-state index in [4.69, 9.17) is 35.1 Å². The molecule has 0 aliphatic carbocycles. The van der Waals surface area contributed by atoms with Crippen molar-refractivity contribution in [2.75, 3.05) is 18.1 Å². The summed E-state index contributed by atoms with van der Waals surface area (Å²) in [5, 5.41) is 0.753. The number of thiocarbonyl (C=S) groups is 1. The summed E-state index contributed by atoms with van der Waals surface area (Å²) in [7, 11) is 0. The zero-order chi connectivity index (χ0) is 25.2. The van der Waals surface area contributed by atoms with Crippen molar-refractivity contribution in [3.05, 3.63) is 82.8 Å². The van der Waals surface area contributed by atoms with Crippen LogP contribution in [0.5, 0.6) is 5.88 Å². The molecule has 1 fully saturated rings. The van der Waals surface area contributed by atoms with Crippen LogP contribution in [0, 0.1) is 13.5 Å². The average molecular weight is 505 g/mol. The van der Waals surface area contributed by atoms with E-state index in [9.17, 15) is 4.79 Å². The van der Waals surface area contributed by atoms with Crippen LogP contribution in [-0.4, -0.2) is 39.6 Å². The first-order chi connectivity index (χ1) is 16.8. The SMILES string of the molecule is [C-]#[N+]c1ccc(N2C(=O)C(C)(C)N(CCCOc3ccc(-c4ccccc4)cn3)C2=S)c(C)c1Cl. The van der Waals surface area contributed by atoms with E-state index in [1.165, 1.54) is 4.90 Å². The zero-order valence-electron chi connectivity index (χ0n) is 19.8. The van der Waals surface area contributed by atoms with Gasteiger partial charge in [0.1, 0.15) is 5.54 Å². The van der Waals surface area contributed by atoms with Crippen LogP contribution in [0.25, 0.3) is 16.0 Å². The third-order valence-corrected chi connectivity index (χ3v) is 7.02. The first kappa shape index (κ1) is 24.6. The fraction of sp³-hybridized carbons (Fsp3) is 0.259. The second-order valence-corrected chi connectivity index (χ2v) is 9.48. The Morgan fingerprint density at radius 2 is 1.86 bits per heavy atom. The molecule has 0 spiro atoms. The maximum Gasteiger partial charge on any atom is 0.258 e. The van der Waals surface area contributed by atoms with Gasteiger partial charge in [-0.1, -0.05) is 48.0 Å². The predicted molar refractivity (Wildman–Crippen MR) is 143 cm³/mol. The summed E-state index contributed by atoms with van der Waals surface area (Å²) in [5.41, 5.74) is 2.92. The van der Waals surface area contributed by atoms with E-state index in [-0.39, 0.29) is 5.91 Å². The number of anilines is 1. The Bertz CT molecular complexity index is 1300. The van der Waals surface area contributed by atoms with Crippen LogP contribution >= 0.6 is 23.8 Å². The fourth-order valence-corrected chi connectivity index (χ4v) is 4.78. The number of nitrogens with zero attached hydrogens (tertiary/aromatic N) is 4. The molecule has 6 nitrogen and oxygen atoms in total. The standard InChI is InChI=1S/C27H25ClN4O2S/c1-18-22(13-12-21(29-4)24(18)28)32-25(33)27(2,3)31(26(32)35)15-8-16-34-23-14-11-20(17-30-23)19-9-6-5-7-10-19/h5-7,9-14,17H,8,15-16H2,1-3H3. The lowest BCUT2D eigenvalue weighted by Crippen LogP contribution is -2.44. The van der Waals surface area contributed by atoms with E-state index < -0.39 is 5.54 Å². The molecule has 2 aromatic carbocycles. The summed E-state index contributed by atoms with van der Waals surface area (Å²) >= 11 is 12.1. The monoisotopic (exact) mass is 504 g/mol. The smallest absolute Gasteiger partial charge is 0.258 e. The molecule has 0 bridgehead atoms. The van der Waals surface area contributed by atoms with Crippen molar-refractivity contribution in [3.63, 3.8) is 0 Å².